The summed E-state index contributed by atoms with van der Waals surface area (Å²) in [6.45, 7) is 0. The zero-order valence-electron chi connectivity index (χ0n) is 20.4. The van der Waals surface area contributed by atoms with Crippen LogP contribution in [0.25, 0.3) is 6.08 Å². The van der Waals surface area contributed by atoms with Crippen molar-refractivity contribution in [3.05, 3.63) is 59.8 Å². The van der Waals surface area contributed by atoms with Crippen molar-refractivity contribution in [2.75, 3.05) is 31.9 Å². The molecule has 4 rings (SSSR count). The van der Waals surface area contributed by atoms with Crippen LogP contribution in [0.2, 0.25) is 0 Å². The van der Waals surface area contributed by atoms with Crippen LogP contribution in [0.15, 0.2) is 59.2 Å². The summed E-state index contributed by atoms with van der Waals surface area (Å²) in [4.78, 5) is 34.5. The first-order valence-electron chi connectivity index (χ1n) is 11.8. The van der Waals surface area contributed by atoms with Crippen LogP contribution in [0.1, 0.15) is 37.7 Å². The number of benzene rings is 2. The third kappa shape index (κ3) is 5.88. The molecule has 1 aliphatic carbocycles. The quantitative estimate of drug-likeness (QED) is 0.509. The van der Waals surface area contributed by atoms with Crippen LogP contribution < -0.4 is 14.4 Å². The Morgan fingerprint density at radius 1 is 1.09 bits per heavy atom. The van der Waals surface area contributed by atoms with E-state index in [0.29, 0.717) is 28.3 Å². The summed E-state index contributed by atoms with van der Waals surface area (Å²) in [5, 5.41) is 0.480. The summed E-state index contributed by atoms with van der Waals surface area (Å²) < 4.78 is 10.6. The summed E-state index contributed by atoms with van der Waals surface area (Å²) in [6.07, 6.45) is 7.43. The van der Waals surface area contributed by atoms with E-state index in [2.05, 4.69) is 4.99 Å². The maximum Gasteiger partial charge on any atom is 0.283 e. The number of amidine groups is 1. The van der Waals surface area contributed by atoms with Gasteiger partial charge in [-0.15, -0.1) is 0 Å². The molecule has 0 N–H and O–H groups in total. The molecule has 2 aromatic carbocycles. The molecule has 35 heavy (non-hydrogen) atoms. The molecular formula is C27H31N3O4S. The molecule has 0 atom stereocenters. The Labute approximate surface area is 210 Å². The van der Waals surface area contributed by atoms with Gasteiger partial charge in [0.05, 0.1) is 25.7 Å². The maximum absolute atomic E-state index is 13.4. The number of carbonyl (C=O) groups excluding carboxylic acids is 2. The van der Waals surface area contributed by atoms with E-state index in [0.717, 1.165) is 24.2 Å². The lowest BCUT2D eigenvalue weighted by Gasteiger charge is -2.31. The molecule has 1 saturated carbocycles. The minimum absolute atomic E-state index is 0.0511. The SMILES string of the molecule is COc1ccc(/C=C2/N=C(SCC(=O)N(C)C3CCCCC3)N(c3cccc(OC)c3)C2=O)cc1. The monoisotopic (exact) mass is 493 g/mol. The topological polar surface area (TPSA) is 71.4 Å². The number of hydrogen-bond acceptors (Lipinski definition) is 6. The van der Waals surface area contributed by atoms with E-state index in [1.807, 2.05) is 54.4 Å². The van der Waals surface area contributed by atoms with Crippen molar-refractivity contribution in [2.24, 2.45) is 4.99 Å². The number of ether oxygens (including phenoxy) is 2. The van der Waals surface area contributed by atoms with Gasteiger partial charge in [-0.1, -0.05) is 49.2 Å². The van der Waals surface area contributed by atoms with Gasteiger partial charge < -0.3 is 14.4 Å². The second-order valence-electron chi connectivity index (χ2n) is 8.62. The molecule has 0 saturated heterocycles. The van der Waals surface area contributed by atoms with Gasteiger partial charge >= 0.3 is 0 Å². The molecule has 0 spiro atoms. The van der Waals surface area contributed by atoms with Gasteiger partial charge in [0, 0.05) is 19.2 Å². The highest BCUT2D eigenvalue weighted by atomic mass is 32.2. The van der Waals surface area contributed by atoms with Gasteiger partial charge in [0.1, 0.15) is 17.2 Å². The van der Waals surface area contributed by atoms with Crippen molar-refractivity contribution in [2.45, 2.75) is 38.1 Å². The fourth-order valence-corrected chi connectivity index (χ4v) is 5.26. The standard InChI is InChI=1S/C27H31N3O4S/c1-29(20-8-5-4-6-9-20)25(31)18-35-27-28-24(16-19-12-14-22(33-2)15-13-19)26(32)30(27)21-10-7-11-23(17-21)34-3/h7,10-17,20H,4-6,8-9,18H2,1-3H3/b24-16+. The highest BCUT2D eigenvalue weighted by Gasteiger charge is 2.33. The van der Waals surface area contributed by atoms with Crippen LogP contribution in [0, 0.1) is 0 Å². The lowest BCUT2D eigenvalue weighted by atomic mass is 9.94. The van der Waals surface area contributed by atoms with E-state index >= 15 is 0 Å². The molecule has 2 amide bonds. The van der Waals surface area contributed by atoms with Crippen molar-refractivity contribution < 1.29 is 19.1 Å². The molecule has 2 aliphatic rings. The average Bonchev–Trinajstić information content (AvgIpc) is 3.22. The highest BCUT2D eigenvalue weighted by molar-refractivity contribution is 8.14. The van der Waals surface area contributed by atoms with E-state index in [1.54, 1.807) is 31.3 Å². The zero-order chi connectivity index (χ0) is 24.8. The normalized spacial score (nSPS) is 17.5. The molecule has 8 heteroatoms. The van der Waals surface area contributed by atoms with E-state index in [-0.39, 0.29) is 17.6 Å². The number of thioether (sulfide) groups is 1. The Hall–Kier alpha value is -3.26. The van der Waals surface area contributed by atoms with Crippen LogP contribution in [-0.2, 0) is 9.59 Å². The molecule has 1 aliphatic heterocycles. The molecule has 184 valence electrons. The van der Waals surface area contributed by atoms with Crippen molar-refractivity contribution >= 4 is 40.5 Å². The number of aliphatic imine (C=N–C) groups is 1. The van der Waals surface area contributed by atoms with Gasteiger partial charge in [0.2, 0.25) is 5.91 Å². The second kappa shape index (κ2) is 11.4. The predicted octanol–water partition coefficient (Wildman–Crippen LogP) is 4.97. The van der Waals surface area contributed by atoms with Crippen molar-refractivity contribution in [3.8, 4) is 11.5 Å². The highest BCUT2D eigenvalue weighted by Crippen LogP contribution is 2.32. The fraction of sp³-hybridized carbons (Fsp3) is 0.370. The van der Waals surface area contributed by atoms with Crippen LogP contribution >= 0.6 is 11.8 Å². The van der Waals surface area contributed by atoms with Crippen molar-refractivity contribution in [1.29, 1.82) is 0 Å². The predicted molar refractivity (Wildman–Crippen MR) is 141 cm³/mol. The molecule has 7 nitrogen and oxygen atoms in total. The van der Waals surface area contributed by atoms with E-state index in [4.69, 9.17) is 9.47 Å². The van der Waals surface area contributed by atoms with Crippen molar-refractivity contribution in [3.63, 3.8) is 0 Å². The Morgan fingerprint density at radius 3 is 2.49 bits per heavy atom. The van der Waals surface area contributed by atoms with Gasteiger partial charge in [-0.25, -0.2) is 4.99 Å². The summed E-state index contributed by atoms with van der Waals surface area (Å²) in [6, 6.07) is 15.0. The van der Waals surface area contributed by atoms with Gasteiger partial charge in [0.25, 0.3) is 5.91 Å². The lowest BCUT2D eigenvalue weighted by molar-refractivity contribution is -0.129. The molecular weight excluding hydrogens is 462 g/mol. The minimum atomic E-state index is -0.246. The van der Waals surface area contributed by atoms with Crippen LogP contribution in [-0.4, -0.2) is 54.9 Å². The van der Waals surface area contributed by atoms with Crippen LogP contribution in [0.4, 0.5) is 5.69 Å². The first-order chi connectivity index (χ1) is 17.0. The fourth-order valence-electron chi connectivity index (χ4n) is 4.33. The van der Waals surface area contributed by atoms with Crippen LogP contribution in [0.5, 0.6) is 11.5 Å². The third-order valence-electron chi connectivity index (χ3n) is 6.40. The van der Waals surface area contributed by atoms with E-state index < -0.39 is 0 Å². The number of nitrogens with zero attached hydrogens (tertiary/aromatic N) is 3. The van der Waals surface area contributed by atoms with Gasteiger partial charge in [-0.05, 0) is 48.7 Å². The summed E-state index contributed by atoms with van der Waals surface area (Å²) in [5.74, 6) is 1.40. The molecule has 0 unspecified atom stereocenters. The first kappa shape index (κ1) is 24.9. The molecule has 0 aromatic heterocycles. The molecule has 1 heterocycles. The largest absolute Gasteiger partial charge is 0.497 e. The van der Waals surface area contributed by atoms with E-state index in [9.17, 15) is 9.59 Å². The summed E-state index contributed by atoms with van der Waals surface area (Å²) in [7, 11) is 5.08. The molecule has 0 radical (unpaired) electrons. The molecule has 0 bridgehead atoms. The number of anilines is 1. The van der Waals surface area contributed by atoms with Gasteiger partial charge in [-0.3, -0.25) is 14.5 Å². The Kier molecular flexibility index (Phi) is 8.13. The number of amides is 2. The first-order valence-corrected chi connectivity index (χ1v) is 12.8. The van der Waals surface area contributed by atoms with Gasteiger partial charge in [-0.2, -0.15) is 0 Å². The Bertz CT molecular complexity index is 1120. The lowest BCUT2D eigenvalue weighted by Crippen LogP contribution is -2.40. The molecule has 2 aromatic rings. The average molecular weight is 494 g/mol. The Balaban J connectivity index is 1.57. The van der Waals surface area contributed by atoms with E-state index in [1.165, 1.54) is 31.0 Å². The Morgan fingerprint density at radius 2 is 1.80 bits per heavy atom. The number of rotatable bonds is 7. The number of carbonyl (C=O) groups is 2. The maximum atomic E-state index is 13.4. The summed E-state index contributed by atoms with van der Waals surface area (Å²) in [5.41, 5.74) is 1.79. The van der Waals surface area contributed by atoms with Crippen molar-refractivity contribution in [1.82, 2.24) is 4.90 Å². The minimum Gasteiger partial charge on any atom is -0.497 e. The number of hydrogen-bond donors (Lipinski definition) is 0. The molecule has 1 fully saturated rings. The smallest absolute Gasteiger partial charge is 0.283 e. The van der Waals surface area contributed by atoms with Crippen LogP contribution in [0.3, 0.4) is 0 Å². The van der Waals surface area contributed by atoms with Gasteiger partial charge in [0.15, 0.2) is 5.17 Å². The third-order valence-corrected chi connectivity index (χ3v) is 7.32. The summed E-state index contributed by atoms with van der Waals surface area (Å²) >= 11 is 1.29. The number of methoxy groups -OCH3 is 2. The second-order valence-corrected chi connectivity index (χ2v) is 9.57. The zero-order valence-corrected chi connectivity index (χ0v) is 21.2.